The molecule has 1 fully saturated rings. The number of hydrogen-bond acceptors (Lipinski definition) is 8. The number of ether oxygens (including phenoxy) is 2. The van der Waals surface area contributed by atoms with Gasteiger partial charge in [-0.2, -0.15) is 0 Å². The minimum atomic E-state index is -1.54. The Morgan fingerprint density at radius 3 is 2.39 bits per heavy atom. The molecule has 1 heterocycles. The van der Waals surface area contributed by atoms with Crippen LogP contribution in [0.4, 0.5) is 0 Å². The van der Waals surface area contributed by atoms with Crippen LogP contribution in [0.15, 0.2) is 6.07 Å². The van der Waals surface area contributed by atoms with E-state index in [1.165, 1.54) is 0 Å². The minimum absolute atomic E-state index is 0.0188. The minimum Gasteiger partial charge on any atom is -0.396 e. The van der Waals surface area contributed by atoms with Crippen molar-refractivity contribution in [2.45, 2.75) is 64.0 Å². The second-order valence-electron chi connectivity index (χ2n) is 7.64. The molecular formula is C20H28O8. The van der Waals surface area contributed by atoms with Gasteiger partial charge in [0.1, 0.15) is 24.4 Å². The highest BCUT2D eigenvalue weighted by molar-refractivity contribution is 6.04. The number of rotatable bonds is 5. The summed E-state index contributed by atoms with van der Waals surface area (Å²) in [6.07, 6.45) is -7.18. The maximum absolute atomic E-state index is 12.9. The summed E-state index contributed by atoms with van der Waals surface area (Å²) in [6.45, 7) is 4.89. The first-order valence-corrected chi connectivity index (χ1v) is 9.46. The molecule has 0 amide bonds. The predicted molar refractivity (Wildman–Crippen MR) is 97.8 cm³/mol. The van der Waals surface area contributed by atoms with Crippen LogP contribution in [0.1, 0.15) is 45.6 Å². The van der Waals surface area contributed by atoms with E-state index in [1.807, 2.05) is 19.9 Å². The van der Waals surface area contributed by atoms with Crippen LogP contribution in [-0.2, 0) is 15.9 Å². The van der Waals surface area contributed by atoms with Gasteiger partial charge in [-0.25, -0.2) is 0 Å². The summed E-state index contributed by atoms with van der Waals surface area (Å²) in [4.78, 5) is 12.9. The van der Waals surface area contributed by atoms with E-state index in [2.05, 4.69) is 0 Å². The monoisotopic (exact) mass is 396 g/mol. The van der Waals surface area contributed by atoms with Gasteiger partial charge in [0.2, 0.25) is 0 Å². The van der Waals surface area contributed by atoms with Crippen molar-refractivity contribution in [3.05, 3.63) is 33.9 Å². The molecule has 0 bridgehead atoms. The zero-order valence-corrected chi connectivity index (χ0v) is 16.2. The van der Waals surface area contributed by atoms with Crippen molar-refractivity contribution in [2.24, 2.45) is 5.92 Å². The van der Waals surface area contributed by atoms with Crippen LogP contribution >= 0.6 is 0 Å². The van der Waals surface area contributed by atoms with E-state index in [4.69, 9.17) is 9.47 Å². The molecule has 0 unspecified atom stereocenters. The Balaban J connectivity index is 1.94. The number of ketones is 1. The highest BCUT2D eigenvalue weighted by atomic mass is 16.7. The van der Waals surface area contributed by atoms with Gasteiger partial charge in [0.05, 0.1) is 18.6 Å². The maximum Gasteiger partial charge on any atom is 0.187 e. The number of aryl methyl sites for hydroxylation is 1. The van der Waals surface area contributed by atoms with Crippen molar-refractivity contribution in [3.8, 4) is 0 Å². The van der Waals surface area contributed by atoms with Crippen LogP contribution in [0.5, 0.6) is 0 Å². The fourth-order valence-corrected chi connectivity index (χ4v) is 4.25. The number of aliphatic hydroxyl groups is 5. The Kier molecular flexibility index (Phi) is 6.21. The number of hydrogen-bond donors (Lipinski definition) is 5. The lowest BCUT2D eigenvalue weighted by atomic mass is 9.92. The fourth-order valence-electron chi connectivity index (χ4n) is 4.25. The zero-order chi connectivity index (χ0) is 20.7. The van der Waals surface area contributed by atoms with Gasteiger partial charge < -0.3 is 35.0 Å². The molecule has 1 aromatic rings. The summed E-state index contributed by atoms with van der Waals surface area (Å²) in [6, 6.07) is 1.85. The number of benzene rings is 1. The molecule has 156 valence electrons. The molecule has 1 saturated heterocycles. The fraction of sp³-hybridized carbons (Fsp3) is 0.650. The number of Topliss-reactive ketones (excluding diaryl/α,β-unsaturated/α-hetero) is 1. The first-order valence-electron chi connectivity index (χ1n) is 9.46. The Bertz CT molecular complexity index is 746. The molecule has 8 nitrogen and oxygen atoms in total. The van der Waals surface area contributed by atoms with Crippen LogP contribution in [0.25, 0.3) is 0 Å². The summed E-state index contributed by atoms with van der Waals surface area (Å²) in [5, 5.41) is 48.8. The standard InChI is InChI=1S/C20H28O8/c1-8-6-12-14(9(2)11(8)4-5-21)15(23)10(3)19(12)28-20-18(26)17(25)16(24)13(7-22)27-20/h6,10,13,16-22,24-26H,4-5,7H2,1-3H3/t10-,13+,16+,17-,18+,19+,20-/m1/s1. The number of carbonyl (C=O) groups excluding carboxylic acids is 1. The quantitative estimate of drug-likeness (QED) is 0.451. The predicted octanol–water partition coefficient (Wildman–Crippen LogP) is -0.472. The second-order valence-corrected chi connectivity index (χ2v) is 7.64. The van der Waals surface area contributed by atoms with Crippen LogP contribution in [0.3, 0.4) is 0 Å². The molecule has 1 aliphatic heterocycles. The normalized spacial score (nSPS) is 35.3. The average molecular weight is 396 g/mol. The molecule has 1 aliphatic carbocycles. The Morgan fingerprint density at radius 2 is 1.79 bits per heavy atom. The van der Waals surface area contributed by atoms with Gasteiger partial charge in [-0.15, -0.1) is 0 Å². The third-order valence-corrected chi connectivity index (χ3v) is 5.88. The van der Waals surface area contributed by atoms with Gasteiger partial charge in [0.15, 0.2) is 12.1 Å². The van der Waals surface area contributed by atoms with Crippen molar-refractivity contribution in [1.82, 2.24) is 0 Å². The number of aliphatic hydroxyl groups excluding tert-OH is 5. The summed E-state index contributed by atoms with van der Waals surface area (Å²) in [7, 11) is 0. The smallest absolute Gasteiger partial charge is 0.187 e. The highest BCUT2D eigenvalue weighted by Gasteiger charge is 2.48. The van der Waals surface area contributed by atoms with E-state index in [-0.39, 0.29) is 12.4 Å². The van der Waals surface area contributed by atoms with Gasteiger partial charge in [-0.1, -0.05) is 13.0 Å². The summed E-state index contributed by atoms with van der Waals surface area (Å²) in [5.41, 5.74) is 3.88. The summed E-state index contributed by atoms with van der Waals surface area (Å²) >= 11 is 0. The van der Waals surface area contributed by atoms with E-state index < -0.39 is 49.3 Å². The topological polar surface area (TPSA) is 137 Å². The Labute approximate surface area is 163 Å². The highest BCUT2D eigenvalue weighted by Crippen LogP contribution is 2.43. The Hall–Kier alpha value is -1.39. The first-order chi connectivity index (χ1) is 13.2. The molecule has 1 aromatic carbocycles. The molecule has 5 N–H and O–H groups in total. The van der Waals surface area contributed by atoms with Gasteiger partial charge in [-0.3, -0.25) is 4.79 Å². The van der Waals surface area contributed by atoms with Crippen molar-refractivity contribution in [2.75, 3.05) is 13.2 Å². The van der Waals surface area contributed by atoms with Crippen molar-refractivity contribution >= 4 is 5.78 Å². The van der Waals surface area contributed by atoms with E-state index in [0.717, 1.165) is 16.7 Å². The van der Waals surface area contributed by atoms with E-state index in [0.29, 0.717) is 17.5 Å². The molecule has 3 rings (SSSR count). The first kappa shape index (κ1) is 21.3. The van der Waals surface area contributed by atoms with Crippen molar-refractivity contribution in [1.29, 1.82) is 0 Å². The lowest BCUT2D eigenvalue weighted by Gasteiger charge is -2.41. The molecule has 0 aromatic heterocycles. The van der Waals surface area contributed by atoms with Gasteiger partial charge >= 0.3 is 0 Å². The largest absolute Gasteiger partial charge is 0.396 e. The average Bonchev–Trinajstić information content (AvgIpc) is 2.89. The molecule has 0 spiro atoms. The van der Waals surface area contributed by atoms with E-state index in [1.54, 1.807) is 6.92 Å². The molecular weight excluding hydrogens is 368 g/mol. The van der Waals surface area contributed by atoms with Crippen molar-refractivity contribution < 1.29 is 39.8 Å². The number of fused-ring (bicyclic) bond motifs is 1. The van der Waals surface area contributed by atoms with Gasteiger partial charge in [0, 0.05) is 12.2 Å². The van der Waals surface area contributed by atoms with E-state index >= 15 is 0 Å². The second kappa shape index (κ2) is 8.16. The summed E-state index contributed by atoms with van der Waals surface area (Å²) < 4.78 is 11.3. The summed E-state index contributed by atoms with van der Waals surface area (Å²) in [5.74, 6) is -0.633. The lowest BCUT2D eigenvalue weighted by Crippen LogP contribution is -2.59. The zero-order valence-electron chi connectivity index (χ0n) is 16.2. The molecule has 7 atom stereocenters. The molecule has 8 heteroatoms. The molecule has 0 saturated carbocycles. The Morgan fingerprint density at radius 1 is 1.11 bits per heavy atom. The third kappa shape index (κ3) is 3.39. The van der Waals surface area contributed by atoms with Crippen LogP contribution in [0.2, 0.25) is 0 Å². The van der Waals surface area contributed by atoms with Gasteiger partial charge in [0.25, 0.3) is 0 Å². The van der Waals surface area contributed by atoms with Gasteiger partial charge in [-0.05, 0) is 42.5 Å². The van der Waals surface area contributed by atoms with Crippen LogP contribution < -0.4 is 0 Å². The van der Waals surface area contributed by atoms with Crippen LogP contribution in [-0.4, -0.2) is 75.2 Å². The van der Waals surface area contributed by atoms with Crippen LogP contribution in [0, 0.1) is 19.8 Å². The molecule has 28 heavy (non-hydrogen) atoms. The lowest BCUT2D eigenvalue weighted by molar-refractivity contribution is -0.314. The van der Waals surface area contributed by atoms with Crippen molar-refractivity contribution in [3.63, 3.8) is 0 Å². The van der Waals surface area contributed by atoms with E-state index in [9.17, 15) is 30.3 Å². The number of carbonyl (C=O) groups is 1. The molecule has 2 aliphatic rings. The maximum atomic E-state index is 12.9. The molecule has 0 radical (unpaired) electrons. The SMILES string of the molecule is Cc1cc2c(c(C)c1CCO)C(=O)[C@@H](C)[C@@H]2O[C@H]1O[C@@H](CO)[C@H](O)[C@@H](O)[C@@H]1O. The third-order valence-electron chi connectivity index (χ3n) is 5.88.